The minimum atomic E-state index is 0.0351. The van der Waals surface area contributed by atoms with E-state index >= 15 is 0 Å². The Labute approximate surface area is 121 Å². The largest absolute Gasteiger partial charge is 0.376 e. The highest BCUT2D eigenvalue weighted by Gasteiger charge is 2.15. The maximum absolute atomic E-state index is 11.6. The summed E-state index contributed by atoms with van der Waals surface area (Å²) in [5.41, 5.74) is 0.760. The molecule has 0 bridgehead atoms. The first-order valence-electron chi connectivity index (χ1n) is 6.78. The number of halogens is 1. The molecule has 1 unspecified atom stereocenters. The Kier molecular flexibility index (Phi) is 5.85. The fraction of sp³-hybridized carbons (Fsp3) is 0.692. The van der Waals surface area contributed by atoms with Crippen molar-refractivity contribution in [2.45, 2.75) is 44.8 Å². The third kappa shape index (κ3) is 4.95. The minimum absolute atomic E-state index is 0.0351. The molecule has 0 saturated carbocycles. The minimum Gasteiger partial charge on any atom is -0.376 e. The predicted molar refractivity (Wildman–Crippen MR) is 77.5 cm³/mol. The molecule has 106 valence electrons. The van der Waals surface area contributed by atoms with Crippen LogP contribution in [0.4, 0.5) is 5.69 Å². The lowest BCUT2D eigenvalue weighted by Gasteiger charge is -2.22. The van der Waals surface area contributed by atoms with E-state index < -0.39 is 0 Å². The summed E-state index contributed by atoms with van der Waals surface area (Å²) in [6.07, 6.45) is 8.65. The van der Waals surface area contributed by atoms with Gasteiger partial charge in [0.05, 0.1) is 24.5 Å². The van der Waals surface area contributed by atoms with Crippen LogP contribution in [0.5, 0.6) is 0 Å². The molecule has 1 saturated heterocycles. The number of hydrogen-bond donors (Lipinski definition) is 1. The first-order chi connectivity index (χ1) is 9.28. The topological polar surface area (TPSA) is 56.2 Å². The van der Waals surface area contributed by atoms with E-state index in [0.29, 0.717) is 6.42 Å². The van der Waals surface area contributed by atoms with Crippen LogP contribution in [0.25, 0.3) is 0 Å². The van der Waals surface area contributed by atoms with E-state index in [1.54, 1.807) is 6.20 Å². The zero-order valence-electron chi connectivity index (χ0n) is 11.0. The Balaban J connectivity index is 1.79. The molecule has 1 fully saturated rings. The van der Waals surface area contributed by atoms with Gasteiger partial charge in [-0.25, -0.2) is 0 Å². The number of nitrogens with one attached hydrogen (secondary N) is 1. The van der Waals surface area contributed by atoms with Gasteiger partial charge in [0.1, 0.15) is 0 Å². The summed E-state index contributed by atoms with van der Waals surface area (Å²) in [5, 5.41) is 7.95. The number of carbonyl (C=O) groups is 1. The second-order valence-electron chi connectivity index (χ2n) is 4.78. The molecule has 0 aliphatic carbocycles. The summed E-state index contributed by atoms with van der Waals surface area (Å²) in [4.78, 5) is 11.6. The molecular formula is C13H20BrN3O2. The van der Waals surface area contributed by atoms with Crippen molar-refractivity contribution in [3.63, 3.8) is 0 Å². The fourth-order valence-corrected chi connectivity index (χ4v) is 2.42. The van der Waals surface area contributed by atoms with Gasteiger partial charge >= 0.3 is 0 Å². The Morgan fingerprint density at radius 1 is 1.58 bits per heavy atom. The van der Waals surface area contributed by atoms with Crippen molar-refractivity contribution in [2.75, 3.05) is 17.3 Å². The average molecular weight is 330 g/mol. The highest BCUT2D eigenvalue weighted by atomic mass is 79.9. The zero-order valence-corrected chi connectivity index (χ0v) is 12.6. The van der Waals surface area contributed by atoms with E-state index in [1.165, 1.54) is 6.42 Å². The van der Waals surface area contributed by atoms with Crippen molar-refractivity contribution >= 4 is 27.5 Å². The zero-order chi connectivity index (χ0) is 13.5. The first kappa shape index (κ1) is 14.5. The molecule has 19 heavy (non-hydrogen) atoms. The van der Waals surface area contributed by atoms with Crippen LogP contribution in [0.1, 0.15) is 32.1 Å². The Hall–Kier alpha value is -0.880. The number of hydrogen-bond acceptors (Lipinski definition) is 3. The van der Waals surface area contributed by atoms with Crippen molar-refractivity contribution in [2.24, 2.45) is 0 Å². The summed E-state index contributed by atoms with van der Waals surface area (Å²) in [6.45, 7) is 1.61. The van der Waals surface area contributed by atoms with Gasteiger partial charge in [-0.1, -0.05) is 15.9 Å². The molecule has 1 aromatic rings. The van der Waals surface area contributed by atoms with Crippen molar-refractivity contribution in [3.8, 4) is 0 Å². The summed E-state index contributed by atoms with van der Waals surface area (Å²) in [5.74, 6) is 0.0351. The SMILES string of the molecule is O=C(CCCBr)Nc1cnn(CC2CCCCO2)c1. The van der Waals surface area contributed by atoms with Gasteiger partial charge in [-0.2, -0.15) is 5.10 Å². The van der Waals surface area contributed by atoms with Crippen LogP contribution in [0.2, 0.25) is 0 Å². The molecule has 0 radical (unpaired) electrons. The number of rotatable bonds is 6. The number of nitrogens with zero attached hydrogens (tertiary/aromatic N) is 2. The van der Waals surface area contributed by atoms with Crippen LogP contribution in [0, 0.1) is 0 Å². The molecule has 2 rings (SSSR count). The summed E-state index contributed by atoms with van der Waals surface area (Å²) >= 11 is 3.31. The van der Waals surface area contributed by atoms with E-state index in [-0.39, 0.29) is 12.0 Å². The van der Waals surface area contributed by atoms with Crippen LogP contribution in [-0.4, -0.2) is 33.7 Å². The molecule has 1 N–H and O–H groups in total. The Morgan fingerprint density at radius 2 is 2.47 bits per heavy atom. The number of aromatic nitrogens is 2. The molecule has 2 heterocycles. The molecule has 1 aromatic heterocycles. The smallest absolute Gasteiger partial charge is 0.224 e. The second-order valence-corrected chi connectivity index (χ2v) is 5.57. The van der Waals surface area contributed by atoms with Crippen molar-refractivity contribution in [3.05, 3.63) is 12.4 Å². The van der Waals surface area contributed by atoms with Gasteiger partial charge in [-0.3, -0.25) is 9.48 Å². The van der Waals surface area contributed by atoms with Gasteiger partial charge in [0.15, 0.2) is 0 Å². The Morgan fingerprint density at radius 3 is 3.21 bits per heavy atom. The van der Waals surface area contributed by atoms with Gasteiger partial charge in [0.2, 0.25) is 5.91 Å². The third-order valence-electron chi connectivity index (χ3n) is 3.12. The highest BCUT2D eigenvalue weighted by molar-refractivity contribution is 9.09. The van der Waals surface area contributed by atoms with E-state index in [0.717, 1.165) is 43.4 Å². The molecule has 1 aliphatic rings. The van der Waals surface area contributed by atoms with Crippen LogP contribution in [0.15, 0.2) is 12.4 Å². The summed E-state index contributed by atoms with van der Waals surface area (Å²) < 4.78 is 7.52. The number of amides is 1. The lowest BCUT2D eigenvalue weighted by molar-refractivity contribution is -0.116. The molecule has 5 nitrogen and oxygen atoms in total. The highest BCUT2D eigenvalue weighted by Crippen LogP contribution is 2.15. The Bertz CT molecular complexity index is 402. The van der Waals surface area contributed by atoms with Crippen molar-refractivity contribution in [1.29, 1.82) is 0 Å². The number of anilines is 1. The van der Waals surface area contributed by atoms with Gasteiger partial charge < -0.3 is 10.1 Å². The predicted octanol–water partition coefficient (Wildman–Crippen LogP) is 2.57. The van der Waals surface area contributed by atoms with Crippen LogP contribution in [0.3, 0.4) is 0 Å². The standard InChI is InChI=1S/C13H20BrN3O2/c14-6-3-5-13(18)16-11-8-15-17(9-11)10-12-4-1-2-7-19-12/h8-9,12H,1-7,10H2,(H,16,18). The summed E-state index contributed by atoms with van der Waals surface area (Å²) in [6, 6.07) is 0. The second kappa shape index (κ2) is 7.65. The van der Waals surface area contributed by atoms with Crippen molar-refractivity contribution < 1.29 is 9.53 Å². The lowest BCUT2D eigenvalue weighted by atomic mass is 10.1. The van der Waals surface area contributed by atoms with Gasteiger partial charge in [0, 0.05) is 24.6 Å². The van der Waals surface area contributed by atoms with Crippen molar-refractivity contribution in [1.82, 2.24) is 9.78 Å². The van der Waals surface area contributed by atoms with Crippen LogP contribution in [-0.2, 0) is 16.1 Å². The molecule has 0 spiro atoms. The first-order valence-corrected chi connectivity index (χ1v) is 7.90. The number of ether oxygens (including phenoxy) is 1. The normalized spacial score (nSPS) is 19.3. The molecular weight excluding hydrogens is 310 g/mol. The molecule has 1 atom stereocenters. The monoisotopic (exact) mass is 329 g/mol. The van der Waals surface area contributed by atoms with Gasteiger partial charge in [0.25, 0.3) is 0 Å². The molecule has 1 aliphatic heterocycles. The van der Waals surface area contributed by atoms with E-state index in [4.69, 9.17) is 4.74 Å². The summed E-state index contributed by atoms with van der Waals surface area (Å²) in [7, 11) is 0. The lowest BCUT2D eigenvalue weighted by Crippen LogP contribution is -2.24. The number of carbonyl (C=O) groups excluding carboxylic acids is 1. The average Bonchev–Trinajstić information content (AvgIpc) is 2.85. The quantitative estimate of drug-likeness (QED) is 0.816. The van der Waals surface area contributed by atoms with E-state index in [2.05, 4.69) is 26.3 Å². The van der Waals surface area contributed by atoms with Crippen LogP contribution < -0.4 is 5.32 Å². The maximum Gasteiger partial charge on any atom is 0.224 e. The van der Waals surface area contributed by atoms with Gasteiger partial charge in [-0.15, -0.1) is 0 Å². The number of alkyl halides is 1. The van der Waals surface area contributed by atoms with E-state index in [9.17, 15) is 4.79 Å². The molecule has 0 aromatic carbocycles. The fourth-order valence-electron chi connectivity index (χ4n) is 2.14. The maximum atomic E-state index is 11.6. The van der Waals surface area contributed by atoms with Gasteiger partial charge in [-0.05, 0) is 25.7 Å². The third-order valence-corrected chi connectivity index (χ3v) is 3.68. The van der Waals surface area contributed by atoms with E-state index in [1.807, 2.05) is 10.9 Å². The molecule has 1 amide bonds. The van der Waals surface area contributed by atoms with Crippen LogP contribution >= 0.6 is 15.9 Å². The molecule has 6 heteroatoms.